The van der Waals surface area contributed by atoms with Gasteiger partial charge in [-0.3, -0.25) is 9.98 Å². The van der Waals surface area contributed by atoms with Crippen LogP contribution < -0.4 is 0 Å². The second kappa shape index (κ2) is 5.16. The van der Waals surface area contributed by atoms with Gasteiger partial charge in [0.15, 0.2) is 0 Å². The third-order valence-electron chi connectivity index (χ3n) is 2.30. The molecule has 0 amide bonds. The van der Waals surface area contributed by atoms with Gasteiger partial charge in [-0.15, -0.1) is 0 Å². The molecule has 0 aliphatic heterocycles. The molecule has 0 bridgehead atoms. The minimum absolute atomic E-state index is 0.799. The van der Waals surface area contributed by atoms with Crippen molar-refractivity contribution in [3.8, 4) is 0 Å². The molecule has 2 aromatic heterocycles. The molecule has 2 heterocycles. The average molecular weight is 223 g/mol. The van der Waals surface area contributed by atoms with Gasteiger partial charge in [-0.2, -0.15) is 0 Å². The van der Waals surface area contributed by atoms with Crippen LogP contribution in [0.1, 0.15) is 12.6 Å². The molecule has 17 heavy (non-hydrogen) atoms. The van der Waals surface area contributed by atoms with Gasteiger partial charge in [0.05, 0.1) is 23.1 Å². The van der Waals surface area contributed by atoms with Crippen molar-refractivity contribution in [2.75, 3.05) is 0 Å². The summed E-state index contributed by atoms with van der Waals surface area (Å²) in [6, 6.07) is 5.90. The minimum atomic E-state index is 0.799. The van der Waals surface area contributed by atoms with Crippen LogP contribution in [0.4, 0.5) is 0 Å². The lowest BCUT2D eigenvalue weighted by molar-refractivity contribution is 1.27. The molecule has 84 valence electrons. The summed E-state index contributed by atoms with van der Waals surface area (Å²) >= 11 is 0. The number of aliphatic imine (C=N–C) groups is 1. The van der Waals surface area contributed by atoms with E-state index in [1.54, 1.807) is 24.7 Å². The van der Waals surface area contributed by atoms with Crippen LogP contribution in [0.25, 0.3) is 16.6 Å². The molecule has 2 aromatic rings. The number of nitrogens with zero attached hydrogens (tertiary/aromatic N) is 3. The maximum absolute atomic E-state index is 4.52. The molecule has 0 saturated carbocycles. The molecule has 0 aromatic carbocycles. The average Bonchev–Trinajstić information content (AvgIpc) is 2.38. The van der Waals surface area contributed by atoms with E-state index in [9.17, 15) is 0 Å². The zero-order valence-corrected chi connectivity index (χ0v) is 9.67. The van der Waals surface area contributed by atoms with E-state index in [0.29, 0.717) is 0 Å². The molecule has 0 spiro atoms. The summed E-state index contributed by atoms with van der Waals surface area (Å²) in [5, 5.41) is 1.07. The Bertz CT molecular complexity index is 597. The van der Waals surface area contributed by atoms with Gasteiger partial charge in [0.25, 0.3) is 0 Å². The van der Waals surface area contributed by atoms with Crippen molar-refractivity contribution in [2.45, 2.75) is 6.92 Å². The van der Waals surface area contributed by atoms with Crippen LogP contribution in [0.5, 0.6) is 0 Å². The molecule has 0 N–H and O–H groups in total. The molecule has 0 aliphatic carbocycles. The first-order chi connectivity index (χ1) is 8.35. The summed E-state index contributed by atoms with van der Waals surface area (Å²) in [6.07, 6.45) is 8.79. The van der Waals surface area contributed by atoms with Crippen molar-refractivity contribution in [2.24, 2.45) is 4.99 Å². The molecule has 3 nitrogen and oxygen atoms in total. The number of rotatable bonds is 3. The van der Waals surface area contributed by atoms with Crippen molar-refractivity contribution in [3.05, 3.63) is 55.0 Å². The van der Waals surface area contributed by atoms with Crippen LogP contribution in [0.2, 0.25) is 0 Å². The topological polar surface area (TPSA) is 38.1 Å². The van der Waals surface area contributed by atoms with E-state index in [4.69, 9.17) is 0 Å². The van der Waals surface area contributed by atoms with Crippen LogP contribution in [-0.2, 0) is 0 Å². The number of hydrogen-bond acceptors (Lipinski definition) is 3. The SMILES string of the molecule is C=C/C=C(\N=CC)c1ccc2ccncc2n1. The fourth-order valence-electron chi connectivity index (χ4n) is 1.55. The van der Waals surface area contributed by atoms with Gasteiger partial charge in [0, 0.05) is 17.8 Å². The first kappa shape index (κ1) is 11.2. The quantitative estimate of drug-likeness (QED) is 0.591. The monoisotopic (exact) mass is 223 g/mol. The van der Waals surface area contributed by atoms with Gasteiger partial charge < -0.3 is 0 Å². The van der Waals surface area contributed by atoms with Crippen molar-refractivity contribution in [1.29, 1.82) is 0 Å². The standard InChI is InChI=1S/C14H13N3/c1-3-5-12(16-4-2)13-7-6-11-8-9-15-10-14(11)17-13/h3-10H,1H2,2H3/b12-5-,16-4?. The normalized spacial score (nSPS) is 12.2. The fraction of sp³-hybridized carbons (Fsp3) is 0.0714. The van der Waals surface area contributed by atoms with Crippen molar-refractivity contribution in [1.82, 2.24) is 9.97 Å². The zero-order valence-electron chi connectivity index (χ0n) is 9.67. The summed E-state index contributed by atoms with van der Waals surface area (Å²) in [7, 11) is 0. The second-order valence-electron chi connectivity index (χ2n) is 3.44. The highest BCUT2D eigenvalue weighted by Gasteiger charge is 2.02. The van der Waals surface area contributed by atoms with Crippen LogP contribution in [-0.4, -0.2) is 16.2 Å². The lowest BCUT2D eigenvalue weighted by atomic mass is 10.2. The molecule has 0 fully saturated rings. The number of allylic oxidation sites excluding steroid dienone is 2. The Hall–Kier alpha value is -2.29. The van der Waals surface area contributed by atoms with Crippen LogP contribution in [0.3, 0.4) is 0 Å². The third kappa shape index (κ3) is 2.45. The van der Waals surface area contributed by atoms with Crippen molar-refractivity contribution < 1.29 is 0 Å². The highest BCUT2D eigenvalue weighted by atomic mass is 14.8. The highest BCUT2D eigenvalue weighted by Crippen LogP contribution is 2.17. The molecule has 3 heteroatoms. The van der Waals surface area contributed by atoms with Crippen LogP contribution in [0.15, 0.2) is 54.3 Å². The third-order valence-corrected chi connectivity index (χ3v) is 2.30. The molecular weight excluding hydrogens is 210 g/mol. The molecule has 0 radical (unpaired) electrons. The van der Waals surface area contributed by atoms with E-state index in [-0.39, 0.29) is 0 Å². The Morgan fingerprint density at radius 1 is 1.35 bits per heavy atom. The summed E-state index contributed by atoms with van der Waals surface area (Å²) < 4.78 is 0. The Morgan fingerprint density at radius 3 is 3.00 bits per heavy atom. The predicted octanol–water partition coefficient (Wildman–Crippen LogP) is 3.25. The Kier molecular flexibility index (Phi) is 3.40. The summed E-state index contributed by atoms with van der Waals surface area (Å²) in [5.74, 6) is 0. The van der Waals surface area contributed by atoms with Gasteiger partial charge >= 0.3 is 0 Å². The van der Waals surface area contributed by atoms with Gasteiger partial charge in [0.2, 0.25) is 0 Å². The highest BCUT2D eigenvalue weighted by molar-refractivity contribution is 5.81. The van der Waals surface area contributed by atoms with E-state index in [1.165, 1.54) is 0 Å². The van der Waals surface area contributed by atoms with Gasteiger partial charge in [-0.25, -0.2) is 4.98 Å². The molecule has 0 atom stereocenters. The van der Waals surface area contributed by atoms with Crippen LogP contribution in [0, 0.1) is 0 Å². The van der Waals surface area contributed by atoms with Crippen molar-refractivity contribution in [3.63, 3.8) is 0 Å². The maximum atomic E-state index is 4.52. The molecule has 0 saturated heterocycles. The van der Waals surface area contributed by atoms with Gasteiger partial charge in [-0.05, 0) is 25.1 Å². The molecule has 0 aliphatic rings. The summed E-state index contributed by atoms with van der Waals surface area (Å²) in [5.41, 5.74) is 2.49. The Labute approximate surface area is 100 Å². The Balaban J connectivity index is 2.54. The van der Waals surface area contributed by atoms with E-state index in [2.05, 4.69) is 21.5 Å². The predicted molar refractivity (Wildman–Crippen MR) is 71.9 cm³/mol. The molecular formula is C14H13N3. The number of pyridine rings is 2. The van der Waals surface area contributed by atoms with Gasteiger partial charge in [0.1, 0.15) is 0 Å². The van der Waals surface area contributed by atoms with Gasteiger partial charge in [-0.1, -0.05) is 18.7 Å². The Morgan fingerprint density at radius 2 is 2.24 bits per heavy atom. The maximum Gasteiger partial charge on any atom is 0.0894 e. The number of aromatic nitrogens is 2. The zero-order chi connectivity index (χ0) is 12.1. The summed E-state index contributed by atoms with van der Waals surface area (Å²) in [4.78, 5) is 12.9. The van der Waals surface area contributed by atoms with E-state index < -0.39 is 0 Å². The first-order valence-corrected chi connectivity index (χ1v) is 5.37. The second-order valence-corrected chi connectivity index (χ2v) is 3.44. The summed E-state index contributed by atoms with van der Waals surface area (Å²) in [6.45, 7) is 5.55. The number of hydrogen-bond donors (Lipinski definition) is 0. The molecule has 0 unspecified atom stereocenters. The smallest absolute Gasteiger partial charge is 0.0894 e. The van der Waals surface area contributed by atoms with E-state index in [0.717, 1.165) is 22.3 Å². The largest absolute Gasteiger partial charge is 0.262 e. The first-order valence-electron chi connectivity index (χ1n) is 5.37. The van der Waals surface area contributed by atoms with Crippen LogP contribution >= 0.6 is 0 Å². The lowest BCUT2D eigenvalue weighted by Gasteiger charge is -2.02. The lowest BCUT2D eigenvalue weighted by Crippen LogP contribution is -1.89. The van der Waals surface area contributed by atoms with E-state index >= 15 is 0 Å². The fourth-order valence-corrected chi connectivity index (χ4v) is 1.55. The van der Waals surface area contributed by atoms with Crippen molar-refractivity contribution >= 4 is 22.8 Å². The number of fused-ring (bicyclic) bond motifs is 1. The van der Waals surface area contributed by atoms with E-state index in [1.807, 2.05) is 31.2 Å². The minimum Gasteiger partial charge on any atom is -0.262 e. The molecule has 2 rings (SSSR count).